The minimum atomic E-state index is -1.41. The third-order valence-corrected chi connectivity index (χ3v) is 3.95. The van der Waals surface area contributed by atoms with Gasteiger partial charge in [-0.2, -0.15) is 0 Å². The molecule has 0 bridgehead atoms. The van der Waals surface area contributed by atoms with Gasteiger partial charge in [-0.3, -0.25) is 9.59 Å². The van der Waals surface area contributed by atoms with Crippen molar-refractivity contribution in [2.45, 2.75) is 38.1 Å². The number of amides is 2. The first kappa shape index (κ1) is 15.9. The summed E-state index contributed by atoms with van der Waals surface area (Å²) in [6.45, 7) is 3.05. The van der Waals surface area contributed by atoms with Gasteiger partial charge in [-0.25, -0.2) is 9.18 Å². The maximum absolute atomic E-state index is 13.3. The molecule has 3 N–H and O–H groups in total. The van der Waals surface area contributed by atoms with Gasteiger partial charge in [-0.1, -0.05) is 13.0 Å². The van der Waals surface area contributed by atoms with Crippen molar-refractivity contribution in [2.75, 3.05) is 5.32 Å². The first-order valence-electron chi connectivity index (χ1n) is 6.91. The van der Waals surface area contributed by atoms with Crippen molar-refractivity contribution in [3.8, 4) is 0 Å². The molecule has 7 heteroatoms. The normalized spacial score (nSPS) is 19.6. The van der Waals surface area contributed by atoms with Crippen LogP contribution in [0.15, 0.2) is 18.2 Å². The first-order chi connectivity index (χ1) is 10.3. The minimum Gasteiger partial charge on any atom is -0.480 e. The van der Waals surface area contributed by atoms with E-state index in [0.717, 1.165) is 6.07 Å². The van der Waals surface area contributed by atoms with Crippen molar-refractivity contribution in [1.82, 2.24) is 5.32 Å². The smallest absolute Gasteiger partial charge is 0.329 e. The van der Waals surface area contributed by atoms with Gasteiger partial charge in [-0.15, -0.1) is 0 Å². The van der Waals surface area contributed by atoms with E-state index in [1.165, 1.54) is 19.1 Å². The lowest BCUT2D eigenvalue weighted by Gasteiger charge is -2.30. The average molecular weight is 308 g/mol. The van der Waals surface area contributed by atoms with E-state index in [1.807, 2.05) is 0 Å². The lowest BCUT2D eigenvalue weighted by molar-refractivity contribution is -0.147. The Labute approximate surface area is 126 Å². The summed E-state index contributed by atoms with van der Waals surface area (Å²) in [6, 6.07) is 3.77. The summed E-state index contributed by atoms with van der Waals surface area (Å²) in [7, 11) is 0. The molecule has 118 valence electrons. The fourth-order valence-corrected chi connectivity index (χ4v) is 2.32. The van der Waals surface area contributed by atoms with Crippen LogP contribution in [0.1, 0.15) is 38.2 Å². The van der Waals surface area contributed by atoms with Crippen molar-refractivity contribution in [1.29, 1.82) is 0 Å². The van der Waals surface area contributed by atoms with E-state index in [2.05, 4.69) is 10.6 Å². The van der Waals surface area contributed by atoms with Gasteiger partial charge in [0.15, 0.2) is 0 Å². The van der Waals surface area contributed by atoms with Crippen LogP contribution < -0.4 is 10.6 Å². The molecule has 1 aromatic rings. The zero-order valence-electron chi connectivity index (χ0n) is 12.3. The molecule has 1 heterocycles. The molecule has 2 atom stereocenters. The number of nitrogens with one attached hydrogen (secondary N) is 2. The van der Waals surface area contributed by atoms with Crippen molar-refractivity contribution in [3.05, 3.63) is 29.6 Å². The monoisotopic (exact) mass is 308 g/mol. The van der Waals surface area contributed by atoms with Gasteiger partial charge in [-0.05, 0) is 31.0 Å². The number of carbonyl (C=O) groups is 3. The van der Waals surface area contributed by atoms with Gasteiger partial charge in [0.05, 0.1) is 5.92 Å². The third-order valence-electron chi connectivity index (χ3n) is 3.95. The van der Waals surface area contributed by atoms with Crippen LogP contribution in [0.2, 0.25) is 0 Å². The highest BCUT2D eigenvalue weighted by Gasteiger charge is 2.38. The number of hydrogen-bond donors (Lipinski definition) is 3. The zero-order valence-corrected chi connectivity index (χ0v) is 12.3. The number of benzene rings is 1. The number of carboxylic acids is 1. The van der Waals surface area contributed by atoms with Gasteiger partial charge in [0, 0.05) is 12.1 Å². The fourth-order valence-electron chi connectivity index (χ4n) is 2.32. The molecule has 0 aromatic heterocycles. The molecule has 2 unspecified atom stereocenters. The number of rotatable bonds is 4. The van der Waals surface area contributed by atoms with Gasteiger partial charge in [0.1, 0.15) is 11.4 Å². The summed E-state index contributed by atoms with van der Waals surface area (Å²) in [5.74, 6) is -3.48. The van der Waals surface area contributed by atoms with Crippen LogP contribution in [0, 0.1) is 5.82 Å². The molecule has 1 aliphatic rings. The standard InChI is InChI=1S/C15H17FN2O4/c1-3-15(2,14(21)22)18-13(20)10-7-12(19)17-11-6-8(16)4-5-9(10)11/h4-6,10H,3,7H2,1-2H3,(H,17,19)(H,18,20)(H,21,22). The summed E-state index contributed by atoms with van der Waals surface area (Å²) in [6.07, 6.45) is 0.0904. The lowest BCUT2D eigenvalue weighted by Crippen LogP contribution is -2.53. The second-order valence-corrected chi connectivity index (χ2v) is 5.52. The molecule has 0 fully saturated rings. The van der Waals surface area contributed by atoms with E-state index < -0.39 is 35.1 Å². The number of carboxylic acid groups (broad SMARTS) is 1. The summed E-state index contributed by atoms with van der Waals surface area (Å²) in [4.78, 5) is 35.4. The van der Waals surface area contributed by atoms with Crippen LogP contribution >= 0.6 is 0 Å². The third kappa shape index (κ3) is 2.93. The Kier molecular flexibility index (Phi) is 4.16. The van der Waals surface area contributed by atoms with Crippen molar-refractivity contribution in [2.24, 2.45) is 0 Å². The van der Waals surface area contributed by atoms with E-state index in [0.29, 0.717) is 5.56 Å². The summed E-state index contributed by atoms with van der Waals surface area (Å²) < 4.78 is 13.3. The van der Waals surface area contributed by atoms with Crippen molar-refractivity contribution >= 4 is 23.5 Å². The summed E-state index contributed by atoms with van der Waals surface area (Å²) in [5, 5.41) is 14.2. The molecule has 2 rings (SSSR count). The van der Waals surface area contributed by atoms with E-state index in [9.17, 15) is 23.9 Å². The molecule has 0 aliphatic carbocycles. The Balaban J connectivity index is 2.31. The topological polar surface area (TPSA) is 95.5 Å². The SMILES string of the molecule is CCC(C)(NC(=O)C1CC(=O)Nc2cc(F)ccc21)C(=O)O. The number of carbonyl (C=O) groups excluding carboxylic acids is 2. The lowest BCUT2D eigenvalue weighted by atomic mass is 9.88. The van der Waals surface area contributed by atoms with Gasteiger partial charge in [0.2, 0.25) is 11.8 Å². The van der Waals surface area contributed by atoms with Crippen LogP contribution in [0.25, 0.3) is 0 Å². The molecule has 2 amide bonds. The summed E-state index contributed by atoms with van der Waals surface area (Å²) in [5.41, 5.74) is -0.696. The van der Waals surface area contributed by atoms with Crippen molar-refractivity contribution in [3.63, 3.8) is 0 Å². The first-order valence-corrected chi connectivity index (χ1v) is 6.91. The zero-order chi connectivity index (χ0) is 16.5. The molecular formula is C15H17FN2O4. The molecule has 0 radical (unpaired) electrons. The minimum absolute atomic E-state index is 0.107. The highest BCUT2D eigenvalue weighted by molar-refractivity contribution is 6.02. The number of fused-ring (bicyclic) bond motifs is 1. The maximum Gasteiger partial charge on any atom is 0.329 e. The van der Waals surface area contributed by atoms with Crippen LogP contribution in [-0.2, 0) is 14.4 Å². The maximum atomic E-state index is 13.3. The second-order valence-electron chi connectivity index (χ2n) is 5.52. The van der Waals surface area contributed by atoms with E-state index in [-0.39, 0.29) is 18.5 Å². The second kappa shape index (κ2) is 5.75. The summed E-state index contributed by atoms with van der Waals surface area (Å²) >= 11 is 0. The quantitative estimate of drug-likeness (QED) is 0.787. The Bertz CT molecular complexity index is 646. The Morgan fingerprint density at radius 2 is 2.18 bits per heavy atom. The number of anilines is 1. The number of halogens is 1. The highest BCUT2D eigenvalue weighted by Crippen LogP contribution is 2.33. The highest BCUT2D eigenvalue weighted by atomic mass is 19.1. The van der Waals surface area contributed by atoms with Gasteiger partial charge >= 0.3 is 5.97 Å². The molecule has 1 aromatic carbocycles. The number of hydrogen-bond acceptors (Lipinski definition) is 3. The van der Waals surface area contributed by atoms with E-state index in [4.69, 9.17) is 0 Å². The molecule has 6 nitrogen and oxygen atoms in total. The van der Waals surface area contributed by atoms with Crippen LogP contribution in [0.4, 0.5) is 10.1 Å². The van der Waals surface area contributed by atoms with Crippen LogP contribution in [-0.4, -0.2) is 28.4 Å². The Hall–Kier alpha value is -2.44. The Morgan fingerprint density at radius 1 is 1.50 bits per heavy atom. The predicted molar refractivity (Wildman–Crippen MR) is 76.9 cm³/mol. The predicted octanol–water partition coefficient (Wildman–Crippen LogP) is 1.62. The molecule has 0 saturated carbocycles. The number of aliphatic carboxylic acids is 1. The van der Waals surface area contributed by atoms with Gasteiger partial charge < -0.3 is 15.7 Å². The molecule has 0 spiro atoms. The molecule has 1 aliphatic heterocycles. The average Bonchev–Trinajstić information content (AvgIpc) is 2.45. The molecule has 22 heavy (non-hydrogen) atoms. The fraction of sp³-hybridized carbons (Fsp3) is 0.400. The van der Waals surface area contributed by atoms with Gasteiger partial charge in [0.25, 0.3) is 0 Å². The van der Waals surface area contributed by atoms with E-state index >= 15 is 0 Å². The largest absolute Gasteiger partial charge is 0.480 e. The van der Waals surface area contributed by atoms with E-state index in [1.54, 1.807) is 6.92 Å². The van der Waals surface area contributed by atoms with Crippen LogP contribution in [0.5, 0.6) is 0 Å². The molecule has 0 saturated heterocycles. The van der Waals surface area contributed by atoms with Crippen molar-refractivity contribution < 1.29 is 23.9 Å². The molecular weight excluding hydrogens is 291 g/mol. The Morgan fingerprint density at radius 3 is 2.77 bits per heavy atom. The van der Waals surface area contributed by atoms with Crippen LogP contribution in [0.3, 0.4) is 0 Å².